The second-order valence-electron chi connectivity index (χ2n) is 7.44. The van der Waals surface area contributed by atoms with Gasteiger partial charge in [-0.3, -0.25) is 4.90 Å². The number of hydrogen-bond acceptors (Lipinski definition) is 3. The molecule has 1 aromatic rings. The molecule has 1 aliphatic carbocycles. The summed E-state index contributed by atoms with van der Waals surface area (Å²) < 4.78 is 5.64. The van der Waals surface area contributed by atoms with Gasteiger partial charge >= 0.3 is 6.03 Å². The molecule has 5 heteroatoms. The second kappa shape index (κ2) is 8.56. The highest BCUT2D eigenvalue weighted by Crippen LogP contribution is 2.26. The first-order valence-electron chi connectivity index (χ1n) is 9.54. The van der Waals surface area contributed by atoms with Gasteiger partial charge in [-0.1, -0.05) is 26.2 Å². The van der Waals surface area contributed by atoms with E-state index in [1.807, 2.05) is 12.1 Å². The number of nitrogens with zero attached hydrogens (tertiary/aromatic N) is 1. The zero-order chi connectivity index (χ0) is 16.8. The van der Waals surface area contributed by atoms with E-state index in [1.54, 1.807) is 6.26 Å². The van der Waals surface area contributed by atoms with Crippen LogP contribution in [0.3, 0.4) is 0 Å². The molecule has 5 nitrogen and oxygen atoms in total. The molecule has 0 radical (unpaired) electrons. The molecule has 1 saturated carbocycles. The van der Waals surface area contributed by atoms with Gasteiger partial charge in [0.05, 0.1) is 12.3 Å². The number of nitrogens with one attached hydrogen (secondary N) is 2. The molecule has 1 saturated heterocycles. The lowest BCUT2D eigenvalue weighted by atomic mass is 9.96. The minimum atomic E-state index is -0.0381. The van der Waals surface area contributed by atoms with Crippen LogP contribution in [0.4, 0.5) is 4.79 Å². The zero-order valence-electron chi connectivity index (χ0n) is 14.8. The summed E-state index contributed by atoms with van der Waals surface area (Å²) in [6.45, 7) is 5.05. The second-order valence-corrected chi connectivity index (χ2v) is 7.44. The third kappa shape index (κ3) is 4.76. The Hall–Kier alpha value is -1.49. The van der Waals surface area contributed by atoms with Crippen LogP contribution in [0.25, 0.3) is 0 Å². The average Bonchev–Trinajstić information content (AvgIpc) is 3.12. The number of likely N-dealkylation sites (tertiary alicyclic amines) is 1. The van der Waals surface area contributed by atoms with Crippen LogP contribution in [-0.2, 0) is 0 Å². The molecule has 0 spiro atoms. The van der Waals surface area contributed by atoms with Crippen molar-refractivity contribution >= 4 is 6.03 Å². The molecular weight excluding hydrogens is 302 g/mol. The summed E-state index contributed by atoms with van der Waals surface area (Å²) in [6.07, 6.45) is 10.1. The Morgan fingerprint density at radius 3 is 2.67 bits per heavy atom. The summed E-state index contributed by atoms with van der Waals surface area (Å²) in [5.74, 6) is 1.74. The van der Waals surface area contributed by atoms with E-state index in [-0.39, 0.29) is 12.1 Å². The summed E-state index contributed by atoms with van der Waals surface area (Å²) in [5, 5.41) is 6.21. The maximum absolute atomic E-state index is 12.2. The topological polar surface area (TPSA) is 57.5 Å². The number of furan rings is 1. The van der Waals surface area contributed by atoms with Gasteiger partial charge < -0.3 is 15.1 Å². The van der Waals surface area contributed by atoms with Gasteiger partial charge in [-0.2, -0.15) is 0 Å². The van der Waals surface area contributed by atoms with Crippen LogP contribution >= 0.6 is 0 Å². The van der Waals surface area contributed by atoms with Crippen molar-refractivity contribution in [1.82, 2.24) is 15.5 Å². The lowest BCUT2D eigenvalue weighted by Crippen LogP contribution is -2.47. The first-order chi connectivity index (χ1) is 11.7. The van der Waals surface area contributed by atoms with Gasteiger partial charge in [-0.25, -0.2) is 4.79 Å². The van der Waals surface area contributed by atoms with E-state index >= 15 is 0 Å². The van der Waals surface area contributed by atoms with Crippen molar-refractivity contribution in [3.63, 3.8) is 0 Å². The van der Waals surface area contributed by atoms with E-state index in [2.05, 4.69) is 22.5 Å². The van der Waals surface area contributed by atoms with Crippen molar-refractivity contribution in [3.8, 4) is 0 Å². The van der Waals surface area contributed by atoms with Gasteiger partial charge in [0.15, 0.2) is 0 Å². The molecule has 2 heterocycles. The maximum Gasteiger partial charge on any atom is 0.315 e. The molecule has 2 aliphatic rings. The Balaban J connectivity index is 1.53. The smallest absolute Gasteiger partial charge is 0.315 e. The largest absolute Gasteiger partial charge is 0.468 e. The van der Waals surface area contributed by atoms with Crippen LogP contribution in [0.15, 0.2) is 22.8 Å². The summed E-state index contributed by atoms with van der Waals surface area (Å²) in [6, 6.07) is 4.38. The fourth-order valence-electron chi connectivity index (χ4n) is 3.90. The lowest BCUT2D eigenvalue weighted by molar-refractivity contribution is 0.122. The Bertz CT molecular complexity index is 489. The molecule has 1 unspecified atom stereocenters. The summed E-state index contributed by atoms with van der Waals surface area (Å²) in [7, 11) is 0. The number of hydrogen-bond donors (Lipinski definition) is 2. The van der Waals surface area contributed by atoms with Crippen LogP contribution in [0.1, 0.15) is 63.7 Å². The van der Waals surface area contributed by atoms with Gasteiger partial charge in [0.1, 0.15) is 5.76 Å². The maximum atomic E-state index is 12.2. The number of urea groups is 1. The van der Waals surface area contributed by atoms with E-state index < -0.39 is 0 Å². The molecule has 1 aromatic heterocycles. The quantitative estimate of drug-likeness (QED) is 0.864. The fraction of sp³-hybridized carbons (Fsp3) is 0.737. The molecule has 2 N–H and O–H groups in total. The zero-order valence-corrected chi connectivity index (χ0v) is 14.8. The third-order valence-electron chi connectivity index (χ3n) is 5.53. The predicted octanol–water partition coefficient (Wildman–Crippen LogP) is 3.68. The molecule has 3 rings (SSSR count). The minimum Gasteiger partial charge on any atom is -0.468 e. The van der Waals surface area contributed by atoms with Crippen LogP contribution < -0.4 is 10.6 Å². The van der Waals surface area contributed by atoms with Gasteiger partial charge in [0.2, 0.25) is 0 Å². The fourth-order valence-corrected chi connectivity index (χ4v) is 3.90. The predicted molar refractivity (Wildman–Crippen MR) is 94.8 cm³/mol. The number of carbonyl (C=O) groups excluding carboxylic acids is 1. The van der Waals surface area contributed by atoms with Crippen molar-refractivity contribution in [1.29, 1.82) is 0 Å². The Labute approximate surface area is 145 Å². The van der Waals surface area contributed by atoms with Crippen molar-refractivity contribution in [2.75, 3.05) is 19.6 Å². The Morgan fingerprint density at radius 2 is 2.00 bits per heavy atom. The minimum absolute atomic E-state index is 0.0381. The van der Waals surface area contributed by atoms with Gasteiger partial charge in [-0.15, -0.1) is 0 Å². The molecule has 0 aromatic carbocycles. The van der Waals surface area contributed by atoms with E-state index in [0.29, 0.717) is 12.6 Å². The summed E-state index contributed by atoms with van der Waals surface area (Å²) in [5.41, 5.74) is 0. The van der Waals surface area contributed by atoms with Crippen LogP contribution in [0.2, 0.25) is 0 Å². The van der Waals surface area contributed by atoms with Crippen LogP contribution in [-0.4, -0.2) is 36.6 Å². The summed E-state index contributed by atoms with van der Waals surface area (Å²) >= 11 is 0. The molecule has 134 valence electrons. The first-order valence-corrected chi connectivity index (χ1v) is 9.54. The molecule has 1 aliphatic heterocycles. The standard InChI is InChI=1S/C19H31N3O2/c1-15-9-11-22(12-10-15)17(18-8-5-13-24-18)14-20-19(23)21-16-6-3-2-4-7-16/h5,8,13,15-17H,2-4,6-7,9-12,14H2,1H3,(H2,20,21,23). The highest BCUT2D eigenvalue weighted by Gasteiger charge is 2.27. The Morgan fingerprint density at radius 1 is 1.25 bits per heavy atom. The van der Waals surface area contributed by atoms with Gasteiger partial charge in [-0.05, 0) is 56.8 Å². The number of amides is 2. The average molecular weight is 333 g/mol. The normalized spacial score (nSPS) is 22.2. The molecule has 0 bridgehead atoms. The van der Waals surface area contributed by atoms with Crippen molar-refractivity contribution in [2.45, 2.75) is 64.0 Å². The number of rotatable bonds is 5. The van der Waals surface area contributed by atoms with Crippen molar-refractivity contribution < 1.29 is 9.21 Å². The lowest BCUT2D eigenvalue weighted by Gasteiger charge is -2.36. The van der Waals surface area contributed by atoms with Gasteiger partial charge in [0, 0.05) is 12.6 Å². The Kier molecular flexibility index (Phi) is 6.18. The number of piperidine rings is 1. The van der Waals surface area contributed by atoms with E-state index in [9.17, 15) is 4.79 Å². The third-order valence-corrected chi connectivity index (χ3v) is 5.53. The van der Waals surface area contributed by atoms with E-state index in [1.165, 1.54) is 32.1 Å². The molecule has 2 fully saturated rings. The molecular formula is C19H31N3O2. The highest BCUT2D eigenvalue weighted by molar-refractivity contribution is 5.74. The van der Waals surface area contributed by atoms with E-state index in [0.717, 1.165) is 37.6 Å². The van der Waals surface area contributed by atoms with E-state index in [4.69, 9.17) is 4.42 Å². The summed E-state index contributed by atoms with van der Waals surface area (Å²) in [4.78, 5) is 14.7. The first kappa shape index (κ1) is 17.3. The SMILES string of the molecule is CC1CCN(C(CNC(=O)NC2CCCCC2)c2ccco2)CC1. The highest BCUT2D eigenvalue weighted by atomic mass is 16.3. The molecule has 24 heavy (non-hydrogen) atoms. The number of carbonyl (C=O) groups is 1. The van der Waals surface area contributed by atoms with Crippen LogP contribution in [0, 0.1) is 5.92 Å². The van der Waals surface area contributed by atoms with Crippen molar-refractivity contribution in [2.24, 2.45) is 5.92 Å². The molecule has 1 atom stereocenters. The van der Waals surface area contributed by atoms with Crippen molar-refractivity contribution in [3.05, 3.63) is 24.2 Å². The monoisotopic (exact) mass is 333 g/mol. The van der Waals surface area contributed by atoms with Gasteiger partial charge in [0.25, 0.3) is 0 Å². The molecule has 2 amide bonds. The van der Waals surface area contributed by atoms with Crippen LogP contribution in [0.5, 0.6) is 0 Å².